The summed E-state index contributed by atoms with van der Waals surface area (Å²) in [6, 6.07) is 7.31. The number of rotatable bonds is 5. The zero-order chi connectivity index (χ0) is 17.7. The van der Waals surface area contributed by atoms with E-state index in [1.807, 2.05) is 0 Å². The SMILES string of the molecule is COc1ccccc1C(=O)NC(=O)CSc1c(F)cc(F)cc1F. The summed E-state index contributed by atoms with van der Waals surface area (Å²) in [7, 11) is 1.38. The molecule has 126 valence electrons. The topological polar surface area (TPSA) is 55.4 Å². The molecule has 0 bridgehead atoms. The van der Waals surface area contributed by atoms with Gasteiger partial charge in [0.1, 0.15) is 23.2 Å². The van der Waals surface area contributed by atoms with Crippen LogP contribution in [0.1, 0.15) is 10.4 Å². The molecule has 0 unspecified atom stereocenters. The maximum Gasteiger partial charge on any atom is 0.261 e. The summed E-state index contributed by atoms with van der Waals surface area (Å²) in [6.07, 6.45) is 0. The van der Waals surface area contributed by atoms with Crippen molar-refractivity contribution in [2.45, 2.75) is 4.90 Å². The molecule has 0 radical (unpaired) electrons. The Morgan fingerprint density at radius 1 is 1.12 bits per heavy atom. The van der Waals surface area contributed by atoms with Crippen LogP contribution in [0, 0.1) is 17.5 Å². The van der Waals surface area contributed by atoms with E-state index in [0.717, 1.165) is 0 Å². The molecule has 0 saturated carbocycles. The maximum absolute atomic E-state index is 13.5. The molecule has 0 spiro atoms. The molecule has 0 aliphatic carbocycles. The van der Waals surface area contributed by atoms with Crippen molar-refractivity contribution in [2.24, 2.45) is 0 Å². The van der Waals surface area contributed by atoms with E-state index in [4.69, 9.17) is 4.74 Å². The number of carbonyl (C=O) groups excluding carboxylic acids is 2. The number of thioether (sulfide) groups is 1. The van der Waals surface area contributed by atoms with Gasteiger partial charge in [0.2, 0.25) is 5.91 Å². The number of hydrogen-bond acceptors (Lipinski definition) is 4. The summed E-state index contributed by atoms with van der Waals surface area (Å²) in [5.74, 6) is -4.85. The van der Waals surface area contributed by atoms with Crippen LogP contribution in [0.4, 0.5) is 13.2 Å². The number of para-hydroxylation sites is 1. The zero-order valence-electron chi connectivity index (χ0n) is 12.4. The second-order valence-corrected chi connectivity index (χ2v) is 5.55. The number of nitrogens with one attached hydrogen (secondary N) is 1. The Hall–Kier alpha value is -2.48. The van der Waals surface area contributed by atoms with Gasteiger partial charge < -0.3 is 4.74 Å². The molecule has 2 aromatic rings. The van der Waals surface area contributed by atoms with Gasteiger partial charge in [0.25, 0.3) is 5.91 Å². The van der Waals surface area contributed by atoms with Gasteiger partial charge in [-0.3, -0.25) is 14.9 Å². The van der Waals surface area contributed by atoms with E-state index in [0.29, 0.717) is 23.9 Å². The van der Waals surface area contributed by atoms with Crippen molar-refractivity contribution in [3.8, 4) is 5.75 Å². The molecule has 0 atom stereocenters. The lowest BCUT2D eigenvalue weighted by molar-refractivity contribution is -0.117. The Balaban J connectivity index is 2.00. The van der Waals surface area contributed by atoms with Gasteiger partial charge in [0, 0.05) is 12.1 Å². The van der Waals surface area contributed by atoms with Crippen LogP contribution in [-0.4, -0.2) is 24.7 Å². The fourth-order valence-corrected chi connectivity index (χ4v) is 2.61. The summed E-state index contributed by atoms with van der Waals surface area (Å²) >= 11 is 0.525. The molecule has 0 fully saturated rings. The highest BCUT2D eigenvalue weighted by Gasteiger charge is 2.17. The van der Waals surface area contributed by atoms with E-state index < -0.39 is 39.9 Å². The second-order valence-electron chi connectivity index (χ2n) is 4.56. The Morgan fingerprint density at radius 2 is 1.75 bits per heavy atom. The minimum absolute atomic E-state index is 0.150. The van der Waals surface area contributed by atoms with Crippen molar-refractivity contribution in [1.82, 2.24) is 5.32 Å². The first-order valence-electron chi connectivity index (χ1n) is 6.67. The van der Waals surface area contributed by atoms with E-state index >= 15 is 0 Å². The lowest BCUT2D eigenvalue weighted by Gasteiger charge is -2.08. The van der Waals surface area contributed by atoms with Gasteiger partial charge in [-0.15, -0.1) is 11.8 Å². The molecule has 0 aromatic heterocycles. The fourth-order valence-electron chi connectivity index (χ4n) is 1.87. The van der Waals surface area contributed by atoms with Crippen LogP contribution in [0.5, 0.6) is 5.75 Å². The predicted octanol–water partition coefficient (Wildman–Crippen LogP) is 3.16. The number of carbonyl (C=O) groups is 2. The molecule has 1 N–H and O–H groups in total. The first-order chi connectivity index (χ1) is 11.4. The lowest BCUT2D eigenvalue weighted by atomic mass is 10.2. The number of imide groups is 1. The zero-order valence-corrected chi connectivity index (χ0v) is 13.3. The molecule has 0 aliphatic heterocycles. The maximum atomic E-state index is 13.5. The normalized spacial score (nSPS) is 10.3. The third kappa shape index (κ3) is 4.29. The Morgan fingerprint density at radius 3 is 2.38 bits per heavy atom. The van der Waals surface area contributed by atoms with Crippen LogP contribution in [0.25, 0.3) is 0 Å². The van der Waals surface area contributed by atoms with E-state index in [1.165, 1.54) is 13.2 Å². The second kappa shape index (κ2) is 7.87. The third-order valence-electron chi connectivity index (χ3n) is 2.92. The molecule has 24 heavy (non-hydrogen) atoms. The van der Waals surface area contributed by atoms with Gasteiger partial charge in [-0.05, 0) is 12.1 Å². The summed E-state index contributed by atoms with van der Waals surface area (Å²) < 4.78 is 44.8. The van der Waals surface area contributed by atoms with Crippen molar-refractivity contribution >= 4 is 23.6 Å². The van der Waals surface area contributed by atoms with Gasteiger partial charge >= 0.3 is 0 Å². The first-order valence-corrected chi connectivity index (χ1v) is 7.65. The van der Waals surface area contributed by atoms with Gasteiger partial charge in [0.05, 0.1) is 23.3 Å². The van der Waals surface area contributed by atoms with Crippen LogP contribution >= 0.6 is 11.8 Å². The largest absolute Gasteiger partial charge is 0.496 e. The molecule has 2 aromatic carbocycles. The quantitative estimate of drug-likeness (QED) is 0.837. The standard InChI is InChI=1S/C16H12F3NO3S/c1-23-13-5-3-2-4-10(13)16(22)20-14(21)8-24-15-11(18)6-9(17)7-12(15)19/h2-7H,8H2,1H3,(H,20,21,22). The molecule has 0 heterocycles. The molecule has 4 nitrogen and oxygen atoms in total. The van der Waals surface area contributed by atoms with Crippen LogP contribution < -0.4 is 10.1 Å². The average molecular weight is 355 g/mol. The summed E-state index contributed by atoms with van der Waals surface area (Å²) in [6.45, 7) is 0. The fraction of sp³-hybridized carbons (Fsp3) is 0.125. The molecule has 8 heteroatoms. The molecule has 2 rings (SSSR count). The van der Waals surface area contributed by atoms with E-state index in [9.17, 15) is 22.8 Å². The van der Waals surface area contributed by atoms with Crippen LogP contribution in [0.15, 0.2) is 41.3 Å². The minimum atomic E-state index is -1.11. The number of hydrogen-bond donors (Lipinski definition) is 1. The molecular formula is C16H12F3NO3S. The van der Waals surface area contributed by atoms with E-state index in [1.54, 1.807) is 18.2 Å². The Kier molecular flexibility index (Phi) is 5.86. The number of halogens is 3. The summed E-state index contributed by atoms with van der Waals surface area (Å²) in [5.41, 5.74) is 0.150. The van der Waals surface area contributed by atoms with Gasteiger partial charge in [-0.2, -0.15) is 0 Å². The van der Waals surface area contributed by atoms with Crippen LogP contribution in [-0.2, 0) is 4.79 Å². The van der Waals surface area contributed by atoms with Crippen LogP contribution in [0.2, 0.25) is 0 Å². The molecule has 0 aliphatic rings. The van der Waals surface area contributed by atoms with Crippen molar-refractivity contribution in [3.63, 3.8) is 0 Å². The predicted molar refractivity (Wildman–Crippen MR) is 82.5 cm³/mol. The number of amides is 2. The van der Waals surface area contributed by atoms with Crippen molar-refractivity contribution < 1.29 is 27.5 Å². The van der Waals surface area contributed by atoms with Gasteiger partial charge in [-0.1, -0.05) is 12.1 Å². The van der Waals surface area contributed by atoms with Crippen LogP contribution in [0.3, 0.4) is 0 Å². The van der Waals surface area contributed by atoms with E-state index in [-0.39, 0.29) is 11.3 Å². The smallest absolute Gasteiger partial charge is 0.261 e. The summed E-state index contributed by atoms with van der Waals surface area (Å²) in [4.78, 5) is 23.3. The third-order valence-corrected chi connectivity index (χ3v) is 4.00. The number of ether oxygens (including phenoxy) is 1. The highest BCUT2D eigenvalue weighted by Crippen LogP contribution is 2.26. The van der Waals surface area contributed by atoms with Gasteiger partial charge in [0.15, 0.2) is 0 Å². The number of methoxy groups -OCH3 is 1. The average Bonchev–Trinajstić information content (AvgIpc) is 2.53. The summed E-state index contributed by atoms with van der Waals surface area (Å²) in [5, 5.41) is 2.09. The minimum Gasteiger partial charge on any atom is -0.496 e. The van der Waals surface area contributed by atoms with E-state index in [2.05, 4.69) is 5.32 Å². The monoisotopic (exact) mass is 355 g/mol. The molecule has 0 saturated heterocycles. The van der Waals surface area contributed by atoms with Crippen molar-refractivity contribution in [3.05, 3.63) is 59.4 Å². The molecule has 2 amide bonds. The highest BCUT2D eigenvalue weighted by atomic mass is 32.2. The Labute approximate surface area is 140 Å². The first kappa shape index (κ1) is 17.9. The highest BCUT2D eigenvalue weighted by molar-refractivity contribution is 8.00. The van der Waals surface area contributed by atoms with Gasteiger partial charge in [-0.25, -0.2) is 13.2 Å². The van der Waals surface area contributed by atoms with Crippen molar-refractivity contribution in [2.75, 3.05) is 12.9 Å². The molecular weight excluding hydrogens is 343 g/mol. The number of benzene rings is 2. The Bertz CT molecular complexity index is 760. The lowest BCUT2D eigenvalue weighted by Crippen LogP contribution is -2.32. The van der Waals surface area contributed by atoms with Crippen molar-refractivity contribution in [1.29, 1.82) is 0 Å².